The van der Waals surface area contributed by atoms with E-state index in [1.807, 2.05) is 31.2 Å². The molecule has 0 aromatic heterocycles. The summed E-state index contributed by atoms with van der Waals surface area (Å²) < 4.78 is 5.38. The highest BCUT2D eigenvalue weighted by Gasteiger charge is 2.20. The quantitative estimate of drug-likeness (QED) is 0.821. The van der Waals surface area contributed by atoms with E-state index in [-0.39, 0.29) is 5.41 Å². The molecule has 0 spiro atoms. The first-order valence-electron chi connectivity index (χ1n) is 5.72. The molecule has 4 nitrogen and oxygen atoms in total. The molecule has 0 aliphatic heterocycles. The zero-order valence-electron chi connectivity index (χ0n) is 10.6. The molecule has 17 heavy (non-hydrogen) atoms. The lowest BCUT2D eigenvalue weighted by atomic mass is 9.84. The van der Waals surface area contributed by atoms with Gasteiger partial charge in [0.05, 0.1) is 6.61 Å². The van der Waals surface area contributed by atoms with Gasteiger partial charge in [0.1, 0.15) is 5.75 Å². The summed E-state index contributed by atoms with van der Waals surface area (Å²) in [5, 5.41) is 2.63. The maximum absolute atomic E-state index is 10.7. The number of benzene rings is 1. The topological polar surface area (TPSA) is 64.3 Å². The van der Waals surface area contributed by atoms with Gasteiger partial charge in [-0.25, -0.2) is 4.79 Å². The number of amides is 2. The minimum absolute atomic E-state index is 0.153. The molecule has 0 radical (unpaired) electrons. The number of primary amides is 1. The SMILES string of the molecule is CCOc1ccc(C(C)(C)CNC(N)=O)cc1. The van der Waals surface area contributed by atoms with Gasteiger partial charge in [-0.2, -0.15) is 0 Å². The van der Waals surface area contributed by atoms with Gasteiger partial charge in [0.15, 0.2) is 0 Å². The molecule has 4 heteroatoms. The molecule has 0 heterocycles. The van der Waals surface area contributed by atoms with Crippen molar-refractivity contribution in [2.75, 3.05) is 13.2 Å². The zero-order chi connectivity index (χ0) is 12.9. The number of nitrogens with one attached hydrogen (secondary N) is 1. The molecule has 1 rings (SSSR count). The first-order valence-corrected chi connectivity index (χ1v) is 5.72. The summed E-state index contributed by atoms with van der Waals surface area (Å²) in [6.45, 7) is 7.23. The van der Waals surface area contributed by atoms with Crippen LogP contribution >= 0.6 is 0 Å². The Labute approximate surface area is 102 Å². The van der Waals surface area contributed by atoms with Gasteiger partial charge in [0, 0.05) is 12.0 Å². The highest BCUT2D eigenvalue weighted by Crippen LogP contribution is 2.24. The molecule has 1 aromatic carbocycles. The Bertz CT molecular complexity index is 372. The number of ether oxygens (including phenoxy) is 1. The van der Waals surface area contributed by atoms with Crippen LogP contribution in [-0.2, 0) is 5.41 Å². The second kappa shape index (κ2) is 5.57. The van der Waals surface area contributed by atoms with Crippen molar-refractivity contribution in [2.45, 2.75) is 26.2 Å². The Morgan fingerprint density at radius 3 is 2.41 bits per heavy atom. The Hall–Kier alpha value is -1.71. The van der Waals surface area contributed by atoms with Crippen molar-refractivity contribution in [3.05, 3.63) is 29.8 Å². The van der Waals surface area contributed by atoms with E-state index in [1.165, 1.54) is 0 Å². The number of urea groups is 1. The van der Waals surface area contributed by atoms with E-state index >= 15 is 0 Å². The van der Waals surface area contributed by atoms with Crippen LogP contribution in [0.4, 0.5) is 4.79 Å². The molecule has 1 aromatic rings. The van der Waals surface area contributed by atoms with Gasteiger partial charge >= 0.3 is 6.03 Å². The lowest BCUT2D eigenvalue weighted by Crippen LogP contribution is -2.39. The molecular formula is C13H20N2O2. The lowest BCUT2D eigenvalue weighted by molar-refractivity contribution is 0.246. The summed E-state index contributed by atoms with van der Waals surface area (Å²) in [4.78, 5) is 10.7. The lowest BCUT2D eigenvalue weighted by Gasteiger charge is -2.25. The van der Waals surface area contributed by atoms with E-state index in [1.54, 1.807) is 0 Å². The Balaban J connectivity index is 2.73. The molecule has 2 amide bonds. The molecular weight excluding hydrogens is 216 g/mol. The zero-order valence-corrected chi connectivity index (χ0v) is 10.6. The average Bonchev–Trinajstić information content (AvgIpc) is 2.28. The van der Waals surface area contributed by atoms with Crippen LogP contribution in [0.2, 0.25) is 0 Å². The average molecular weight is 236 g/mol. The number of hydrogen-bond donors (Lipinski definition) is 2. The number of rotatable bonds is 5. The van der Waals surface area contributed by atoms with E-state index < -0.39 is 6.03 Å². The number of hydrogen-bond acceptors (Lipinski definition) is 2. The fourth-order valence-electron chi connectivity index (χ4n) is 1.58. The first-order chi connectivity index (χ1) is 7.95. The molecule has 94 valence electrons. The van der Waals surface area contributed by atoms with Crippen LogP contribution < -0.4 is 15.8 Å². The van der Waals surface area contributed by atoms with Crippen molar-refractivity contribution in [2.24, 2.45) is 5.73 Å². The summed E-state index contributed by atoms with van der Waals surface area (Å²) in [5.41, 5.74) is 6.05. The van der Waals surface area contributed by atoms with Gasteiger partial charge in [-0.3, -0.25) is 0 Å². The minimum atomic E-state index is -0.496. The van der Waals surface area contributed by atoms with Crippen LogP contribution in [0.1, 0.15) is 26.3 Å². The molecule has 0 bridgehead atoms. The molecule has 3 N–H and O–H groups in total. The molecule has 0 unspecified atom stereocenters. The third-order valence-corrected chi connectivity index (χ3v) is 2.65. The monoisotopic (exact) mass is 236 g/mol. The van der Waals surface area contributed by atoms with Crippen LogP contribution in [-0.4, -0.2) is 19.2 Å². The van der Waals surface area contributed by atoms with Crippen molar-refractivity contribution in [3.63, 3.8) is 0 Å². The first kappa shape index (κ1) is 13.4. The minimum Gasteiger partial charge on any atom is -0.494 e. The maximum Gasteiger partial charge on any atom is 0.312 e. The third-order valence-electron chi connectivity index (χ3n) is 2.65. The second-order valence-corrected chi connectivity index (χ2v) is 4.56. The fourth-order valence-corrected chi connectivity index (χ4v) is 1.58. The van der Waals surface area contributed by atoms with Crippen LogP contribution in [0.3, 0.4) is 0 Å². The van der Waals surface area contributed by atoms with Gasteiger partial charge < -0.3 is 15.8 Å². The molecule has 0 aliphatic carbocycles. The standard InChI is InChI=1S/C13H20N2O2/c1-4-17-11-7-5-10(6-8-11)13(2,3)9-15-12(14)16/h5-8H,4,9H2,1-3H3,(H3,14,15,16). The number of nitrogens with two attached hydrogens (primary N) is 1. The van der Waals surface area contributed by atoms with Crippen LogP contribution in [0.5, 0.6) is 5.75 Å². The van der Waals surface area contributed by atoms with E-state index in [0.29, 0.717) is 13.2 Å². The van der Waals surface area contributed by atoms with Crippen molar-refractivity contribution in [1.82, 2.24) is 5.32 Å². The van der Waals surface area contributed by atoms with Gasteiger partial charge in [-0.05, 0) is 24.6 Å². The van der Waals surface area contributed by atoms with Gasteiger partial charge in [-0.15, -0.1) is 0 Å². The molecule has 0 fully saturated rings. The van der Waals surface area contributed by atoms with Crippen molar-refractivity contribution in [1.29, 1.82) is 0 Å². The summed E-state index contributed by atoms with van der Waals surface area (Å²) in [6, 6.07) is 7.39. The summed E-state index contributed by atoms with van der Waals surface area (Å²) in [6.07, 6.45) is 0. The number of carbonyl (C=O) groups is 1. The molecule has 0 saturated carbocycles. The molecule has 0 saturated heterocycles. The van der Waals surface area contributed by atoms with Gasteiger partial charge in [-0.1, -0.05) is 26.0 Å². The molecule has 0 atom stereocenters. The maximum atomic E-state index is 10.7. The summed E-state index contributed by atoms with van der Waals surface area (Å²) >= 11 is 0. The van der Waals surface area contributed by atoms with E-state index in [4.69, 9.17) is 10.5 Å². The summed E-state index contributed by atoms with van der Waals surface area (Å²) in [5.74, 6) is 0.856. The Kier molecular flexibility index (Phi) is 4.37. The normalized spacial score (nSPS) is 11.0. The van der Waals surface area contributed by atoms with E-state index in [0.717, 1.165) is 11.3 Å². The van der Waals surface area contributed by atoms with Gasteiger partial charge in [0.2, 0.25) is 0 Å². The summed E-state index contributed by atoms with van der Waals surface area (Å²) in [7, 11) is 0. The number of carbonyl (C=O) groups excluding carboxylic acids is 1. The van der Waals surface area contributed by atoms with Crippen LogP contribution in [0.25, 0.3) is 0 Å². The van der Waals surface area contributed by atoms with Crippen LogP contribution in [0.15, 0.2) is 24.3 Å². The molecule has 0 aliphatic rings. The van der Waals surface area contributed by atoms with E-state index in [2.05, 4.69) is 19.2 Å². The smallest absolute Gasteiger partial charge is 0.312 e. The largest absolute Gasteiger partial charge is 0.494 e. The predicted molar refractivity (Wildman–Crippen MR) is 68.2 cm³/mol. The Morgan fingerprint density at radius 2 is 1.94 bits per heavy atom. The highest BCUT2D eigenvalue weighted by molar-refractivity contribution is 5.71. The fraction of sp³-hybridized carbons (Fsp3) is 0.462. The van der Waals surface area contributed by atoms with Crippen molar-refractivity contribution < 1.29 is 9.53 Å². The van der Waals surface area contributed by atoms with Crippen LogP contribution in [0, 0.1) is 0 Å². The van der Waals surface area contributed by atoms with Crippen molar-refractivity contribution in [3.8, 4) is 5.75 Å². The predicted octanol–water partition coefficient (Wildman–Crippen LogP) is 2.03. The highest BCUT2D eigenvalue weighted by atomic mass is 16.5. The van der Waals surface area contributed by atoms with Gasteiger partial charge in [0.25, 0.3) is 0 Å². The van der Waals surface area contributed by atoms with E-state index in [9.17, 15) is 4.79 Å². The Morgan fingerprint density at radius 1 is 1.35 bits per heavy atom. The van der Waals surface area contributed by atoms with Crippen molar-refractivity contribution >= 4 is 6.03 Å². The second-order valence-electron chi connectivity index (χ2n) is 4.56. The third kappa shape index (κ3) is 3.98.